The SMILES string of the molecule is C[C@@H](N)CSc1n[nH]c(-c2ccccc2)n1.Cl. The van der Waals surface area contributed by atoms with Crippen LogP contribution >= 0.6 is 24.2 Å². The number of aromatic amines is 1. The van der Waals surface area contributed by atoms with E-state index in [0.717, 1.165) is 22.3 Å². The molecule has 0 spiro atoms. The highest BCUT2D eigenvalue weighted by Gasteiger charge is 2.06. The minimum Gasteiger partial charge on any atom is -0.327 e. The average Bonchev–Trinajstić information content (AvgIpc) is 2.76. The predicted octanol–water partition coefficient (Wildman–Crippen LogP) is 2.33. The molecule has 2 rings (SSSR count). The van der Waals surface area contributed by atoms with Crippen molar-refractivity contribution in [2.45, 2.75) is 18.1 Å². The third-order valence-corrected chi connectivity index (χ3v) is 3.12. The van der Waals surface area contributed by atoms with Gasteiger partial charge >= 0.3 is 0 Å². The van der Waals surface area contributed by atoms with Gasteiger partial charge in [-0.05, 0) is 6.92 Å². The number of nitrogens with two attached hydrogens (primary N) is 1. The van der Waals surface area contributed by atoms with Crippen LogP contribution in [0.3, 0.4) is 0 Å². The summed E-state index contributed by atoms with van der Waals surface area (Å²) in [7, 11) is 0. The molecular weight excluding hydrogens is 256 g/mol. The Balaban J connectivity index is 0.00000144. The molecule has 3 N–H and O–H groups in total. The quantitative estimate of drug-likeness (QED) is 0.837. The summed E-state index contributed by atoms with van der Waals surface area (Å²) in [5, 5.41) is 7.81. The fourth-order valence-corrected chi connectivity index (χ4v) is 1.92. The summed E-state index contributed by atoms with van der Waals surface area (Å²) in [5.41, 5.74) is 6.72. The molecule has 1 heterocycles. The number of H-pyrrole nitrogens is 1. The van der Waals surface area contributed by atoms with Gasteiger partial charge in [-0.1, -0.05) is 42.1 Å². The lowest BCUT2D eigenvalue weighted by Gasteiger charge is -1.99. The van der Waals surface area contributed by atoms with Crippen molar-refractivity contribution in [2.75, 3.05) is 5.75 Å². The highest BCUT2D eigenvalue weighted by Crippen LogP contribution is 2.18. The third kappa shape index (κ3) is 4.03. The number of thioether (sulfide) groups is 1. The molecule has 0 bridgehead atoms. The van der Waals surface area contributed by atoms with Crippen molar-refractivity contribution >= 4 is 24.2 Å². The van der Waals surface area contributed by atoms with E-state index in [9.17, 15) is 0 Å². The van der Waals surface area contributed by atoms with E-state index in [-0.39, 0.29) is 18.4 Å². The van der Waals surface area contributed by atoms with Crippen molar-refractivity contribution in [3.8, 4) is 11.4 Å². The Hall–Kier alpha value is -1.04. The molecule has 0 aliphatic carbocycles. The molecule has 1 aromatic carbocycles. The van der Waals surface area contributed by atoms with Crippen LogP contribution in [0.1, 0.15) is 6.92 Å². The third-order valence-electron chi connectivity index (χ3n) is 1.99. The van der Waals surface area contributed by atoms with E-state index in [2.05, 4.69) is 15.2 Å². The Morgan fingerprint density at radius 3 is 2.71 bits per heavy atom. The molecule has 0 saturated heterocycles. The number of halogens is 1. The maximum atomic E-state index is 5.67. The van der Waals surface area contributed by atoms with Crippen molar-refractivity contribution in [3.63, 3.8) is 0 Å². The van der Waals surface area contributed by atoms with E-state index >= 15 is 0 Å². The number of nitrogens with zero attached hydrogens (tertiary/aromatic N) is 2. The Morgan fingerprint density at radius 1 is 1.35 bits per heavy atom. The fourth-order valence-electron chi connectivity index (χ4n) is 1.24. The maximum Gasteiger partial charge on any atom is 0.208 e. The first-order chi connectivity index (χ1) is 7.75. The van der Waals surface area contributed by atoms with E-state index in [0.29, 0.717) is 0 Å². The number of hydrogen-bond acceptors (Lipinski definition) is 4. The van der Waals surface area contributed by atoms with Crippen LogP contribution in [-0.4, -0.2) is 27.0 Å². The topological polar surface area (TPSA) is 67.6 Å². The largest absolute Gasteiger partial charge is 0.327 e. The van der Waals surface area contributed by atoms with Gasteiger partial charge in [0.05, 0.1) is 0 Å². The van der Waals surface area contributed by atoms with Crippen molar-refractivity contribution in [1.82, 2.24) is 15.2 Å². The van der Waals surface area contributed by atoms with E-state index in [4.69, 9.17) is 5.73 Å². The van der Waals surface area contributed by atoms with E-state index in [1.54, 1.807) is 11.8 Å². The number of nitrogens with one attached hydrogen (secondary N) is 1. The van der Waals surface area contributed by atoms with Crippen LogP contribution in [0.2, 0.25) is 0 Å². The Kier molecular flexibility index (Phi) is 5.47. The van der Waals surface area contributed by atoms with Gasteiger partial charge in [0.15, 0.2) is 5.82 Å². The average molecular weight is 271 g/mol. The van der Waals surface area contributed by atoms with Gasteiger partial charge < -0.3 is 5.73 Å². The number of rotatable bonds is 4. The molecule has 0 radical (unpaired) electrons. The summed E-state index contributed by atoms with van der Waals surface area (Å²) in [6.07, 6.45) is 0. The highest BCUT2D eigenvalue weighted by molar-refractivity contribution is 7.99. The van der Waals surface area contributed by atoms with Crippen LogP contribution in [-0.2, 0) is 0 Å². The predicted molar refractivity (Wildman–Crippen MR) is 73.4 cm³/mol. The first-order valence-electron chi connectivity index (χ1n) is 5.12. The van der Waals surface area contributed by atoms with Gasteiger partial charge in [-0.2, -0.15) is 0 Å². The van der Waals surface area contributed by atoms with E-state index in [1.807, 2.05) is 37.3 Å². The second-order valence-electron chi connectivity index (χ2n) is 3.62. The van der Waals surface area contributed by atoms with Gasteiger partial charge in [0.2, 0.25) is 5.16 Å². The van der Waals surface area contributed by atoms with E-state index in [1.165, 1.54) is 0 Å². The summed E-state index contributed by atoms with van der Waals surface area (Å²) in [6, 6.07) is 10.1. The zero-order chi connectivity index (χ0) is 11.4. The summed E-state index contributed by atoms with van der Waals surface area (Å²) in [6.45, 7) is 1.97. The molecule has 0 aliphatic heterocycles. The molecule has 0 amide bonds. The lowest BCUT2D eigenvalue weighted by Crippen LogP contribution is -2.17. The molecule has 1 atom stereocenters. The first kappa shape index (κ1) is 14.0. The molecule has 0 aliphatic rings. The number of aromatic nitrogens is 3. The van der Waals surface area contributed by atoms with Crippen LogP contribution in [0.25, 0.3) is 11.4 Å². The fraction of sp³-hybridized carbons (Fsp3) is 0.273. The zero-order valence-electron chi connectivity index (χ0n) is 9.46. The Morgan fingerprint density at radius 2 is 2.06 bits per heavy atom. The minimum absolute atomic E-state index is 0. The van der Waals surface area contributed by atoms with Crippen LogP contribution in [0.15, 0.2) is 35.5 Å². The lowest BCUT2D eigenvalue weighted by molar-refractivity contribution is 0.842. The Bertz CT molecular complexity index is 444. The minimum atomic E-state index is 0. The molecule has 1 aromatic heterocycles. The zero-order valence-corrected chi connectivity index (χ0v) is 11.1. The van der Waals surface area contributed by atoms with Gasteiger partial charge in [0.25, 0.3) is 0 Å². The maximum absolute atomic E-state index is 5.67. The molecule has 17 heavy (non-hydrogen) atoms. The summed E-state index contributed by atoms with van der Waals surface area (Å²) in [4.78, 5) is 4.39. The van der Waals surface area contributed by atoms with Crippen molar-refractivity contribution in [2.24, 2.45) is 5.73 Å². The molecule has 0 saturated carbocycles. The Labute approximate surface area is 111 Å². The van der Waals surface area contributed by atoms with E-state index < -0.39 is 0 Å². The molecule has 0 unspecified atom stereocenters. The first-order valence-corrected chi connectivity index (χ1v) is 6.10. The van der Waals surface area contributed by atoms with Crippen LogP contribution in [0, 0.1) is 0 Å². The van der Waals surface area contributed by atoms with Crippen molar-refractivity contribution in [1.29, 1.82) is 0 Å². The molecule has 0 fully saturated rings. The second-order valence-corrected chi connectivity index (χ2v) is 4.61. The van der Waals surface area contributed by atoms with Gasteiger partial charge in [0.1, 0.15) is 0 Å². The summed E-state index contributed by atoms with van der Waals surface area (Å²) < 4.78 is 0. The van der Waals surface area contributed by atoms with Gasteiger partial charge in [-0.3, -0.25) is 5.10 Å². The van der Waals surface area contributed by atoms with Crippen LogP contribution < -0.4 is 5.73 Å². The van der Waals surface area contributed by atoms with Gasteiger partial charge in [-0.25, -0.2) is 4.98 Å². The highest BCUT2D eigenvalue weighted by atomic mass is 35.5. The summed E-state index contributed by atoms with van der Waals surface area (Å²) in [5.74, 6) is 1.62. The van der Waals surface area contributed by atoms with Crippen molar-refractivity contribution in [3.05, 3.63) is 30.3 Å². The normalized spacial score (nSPS) is 11.9. The molecular formula is C11H15ClN4S. The molecule has 4 nitrogen and oxygen atoms in total. The van der Waals surface area contributed by atoms with Crippen molar-refractivity contribution < 1.29 is 0 Å². The smallest absolute Gasteiger partial charge is 0.208 e. The lowest BCUT2D eigenvalue weighted by atomic mass is 10.2. The standard InChI is InChI=1S/C11H14N4S.ClH/c1-8(12)7-16-11-13-10(14-15-11)9-5-3-2-4-6-9;/h2-6,8H,7,12H2,1H3,(H,13,14,15);1H/t8-;/m1./s1. The number of benzene rings is 1. The molecule has 2 aromatic rings. The van der Waals surface area contributed by atoms with Crippen LogP contribution in [0.4, 0.5) is 0 Å². The second kappa shape index (κ2) is 6.64. The number of hydrogen-bond donors (Lipinski definition) is 2. The van der Waals surface area contributed by atoms with Gasteiger partial charge in [0, 0.05) is 17.4 Å². The monoisotopic (exact) mass is 270 g/mol. The van der Waals surface area contributed by atoms with Gasteiger partial charge in [-0.15, -0.1) is 17.5 Å². The molecule has 92 valence electrons. The summed E-state index contributed by atoms with van der Waals surface area (Å²) >= 11 is 1.57. The van der Waals surface area contributed by atoms with Crippen LogP contribution in [0.5, 0.6) is 0 Å². The molecule has 6 heteroatoms.